The minimum Gasteiger partial charge on any atom is -0.462 e. The number of thiophene rings is 1. The highest BCUT2D eigenvalue weighted by atomic mass is 32.1. The molecule has 2 aliphatic rings. The van der Waals surface area contributed by atoms with E-state index in [-0.39, 0.29) is 17.8 Å². The Hall–Kier alpha value is -1.40. The van der Waals surface area contributed by atoms with Crippen molar-refractivity contribution in [2.45, 2.75) is 45.4 Å². The van der Waals surface area contributed by atoms with E-state index in [1.54, 1.807) is 11.3 Å². The Kier molecular flexibility index (Phi) is 5.56. The predicted molar refractivity (Wildman–Crippen MR) is 95.8 cm³/mol. The molecule has 1 aromatic rings. The number of piperidine rings is 1. The third kappa shape index (κ3) is 3.64. The summed E-state index contributed by atoms with van der Waals surface area (Å²) >= 11 is 1.56. The highest BCUT2D eigenvalue weighted by molar-refractivity contribution is 7.17. The first-order chi connectivity index (χ1) is 11.6. The first-order valence-electron chi connectivity index (χ1n) is 8.91. The van der Waals surface area contributed by atoms with Crippen molar-refractivity contribution in [1.29, 1.82) is 0 Å². The van der Waals surface area contributed by atoms with E-state index in [4.69, 9.17) is 4.74 Å². The van der Waals surface area contributed by atoms with Crippen LogP contribution in [0.3, 0.4) is 0 Å². The average molecular weight is 350 g/mol. The summed E-state index contributed by atoms with van der Waals surface area (Å²) in [6.45, 7) is 3.99. The van der Waals surface area contributed by atoms with Crippen LogP contribution in [0.25, 0.3) is 0 Å². The molecule has 1 fully saturated rings. The minimum atomic E-state index is -0.298. The summed E-state index contributed by atoms with van der Waals surface area (Å²) in [6.07, 6.45) is 6.10. The topological polar surface area (TPSA) is 58.6 Å². The van der Waals surface area contributed by atoms with Crippen molar-refractivity contribution in [3.63, 3.8) is 0 Å². The predicted octanol–water partition coefficient (Wildman–Crippen LogP) is 3.08. The second-order valence-corrected chi connectivity index (χ2v) is 7.83. The van der Waals surface area contributed by atoms with Crippen LogP contribution in [0.1, 0.15) is 53.4 Å². The SMILES string of the molecule is CCOC(=O)c1c(NC(=O)C2CCCN(C)C2)sc2c1CCCC2. The molecule has 0 bridgehead atoms. The fourth-order valence-corrected chi connectivity index (χ4v) is 4.95. The Labute approximate surface area is 147 Å². The van der Waals surface area contributed by atoms with E-state index in [9.17, 15) is 9.59 Å². The third-order valence-electron chi connectivity index (χ3n) is 4.88. The molecule has 5 nitrogen and oxygen atoms in total. The number of nitrogens with zero attached hydrogens (tertiary/aromatic N) is 1. The fraction of sp³-hybridized carbons (Fsp3) is 0.667. The summed E-state index contributed by atoms with van der Waals surface area (Å²) < 4.78 is 5.25. The summed E-state index contributed by atoms with van der Waals surface area (Å²) in [5.74, 6) is -0.267. The minimum absolute atomic E-state index is 0.00192. The smallest absolute Gasteiger partial charge is 0.341 e. The summed E-state index contributed by atoms with van der Waals surface area (Å²) in [7, 11) is 2.05. The molecule has 0 saturated carbocycles. The normalized spacial score (nSPS) is 21.2. The van der Waals surface area contributed by atoms with E-state index >= 15 is 0 Å². The number of fused-ring (bicyclic) bond motifs is 1. The second kappa shape index (κ2) is 7.66. The van der Waals surface area contributed by atoms with Gasteiger partial charge in [-0.2, -0.15) is 0 Å². The second-order valence-electron chi connectivity index (χ2n) is 6.73. The van der Waals surface area contributed by atoms with Gasteiger partial charge in [0.15, 0.2) is 0 Å². The standard InChI is InChI=1S/C18H26N2O3S/c1-3-23-18(22)15-13-8-4-5-9-14(13)24-17(15)19-16(21)12-7-6-10-20(2)11-12/h12H,3-11H2,1-2H3,(H,19,21). The van der Waals surface area contributed by atoms with Gasteiger partial charge >= 0.3 is 5.97 Å². The van der Waals surface area contributed by atoms with Gasteiger partial charge < -0.3 is 15.0 Å². The molecule has 3 rings (SSSR count). The first-order valence-corrected chi connectivity index (χ1v) is 9.72. The van der Waals surface area contributed by atoms with Crippen molar-refractivity contribution in [3.8, 4) is 0 Å². The zero-order valence-corrected chi connectivity index (χ0v) is 15.3. The van der Waals surface area contributed by atoms with Gasteiger partial charge in [0.1, 0.15) is 5.00 Å². The fourth-order valence-electron chi connectivity index (χ4n) is 3.67. The average Bonchev–Trinajstić information content (AvgIpc) is 2.93. The van der Waals surface area contributed by atoms with Crippen molar-refractivity contribution in [1.82, 2.24) is 4.90 Å². The van der Waals surface area contributed by atoms with E-state index in [1.807, 2.05) is 14.0 Å². The maximum atomic E-state index is 12.7. The molecule has 1 amide bonds. The quantitative estimate of drug-likeness (QED) is 0.848. The van der Waals surface area contributed by atoms with Crippen molar-refractivity contribution < 1.29 is 14.3 Å². The van der Waals surface area contributed by atoms with Gasteiger partial charge in [-0.3, -0.25) is 4.79 Å². The van der Waals surface area contributed by atoms with E-state index in [1.165, 1.54) is 4.88 Å². The summed E-state index contributed by atoms with van der Waals surface area (Å²) in [6, 6.07) is 0. The lowest BCUT2D eigenvalue weighted by Gasteiger charge is -2.28. The van der Waals surface area contributed by atoms with Gasteiger partial charge in [-0.05, 0) is 64.6 Å². The number of anilines is 1. The lowest BCUT2D eigenvalue weighted by molar-refractivity contribution is -0.121. The van der Waals surface area contributed by atoms with Crippen LogP contribution in [0.15, 0.2) is 0 Å². The number of nitrogens with one attached hydrogen (secondary N) is 1. The Bertz CT molecular complexity index is 626. The molecular formula is C18H26N2O3S. The lowest BCUT2D eigenvalue weighted by atomic mass is 9.95. The van der Waals surface area contributed by atoms with Crippen LogP contribution in [0, 0.1) is 5.92 Å². The Morgan fingerprint density at radius 1 is 1.29 bits per heavy atom. The molecule has 1 N–H and O–H groups in total. The molecular weight excluding hydrogens is 324 g/mol. The molecule has 1 aliphatic carbocycles. The van der Waals surface area contributed by atoms with Crippen molar-refractivity contribution in [2.75, 3.05) is 32.1 Å². The molecule has 2 heterocycles. The van der Waals surface area contributed by atoms with E-state index in [0.29, 0.717) is 17.2 Å². The number of aryl methyl sites for hydroxylation is 1. The van der Waals surface area contributed by atoms with Gasteiger partial charge in [-0.15, -0.1) is 11.3 Å². The number of ether oxygens (including phenoxy) is 1. The Morgan fingerprint density at radius 2 is 2.08 bits per heavy atom. The van der Waals surface area contributed by atoms with Crippen LogP contribution in [0.4, 0.5) is 5.00 Å². The Balaban J connectivity index is 1.82. The number of esters is 1. The summed E-state index contributed by atoms with van der Waals surface area (Å²) in [4.78, 5) is 28.5. The van der Waals surface area contributed by atoms with E-state index < -0.39 is 0 Å². The van der Waals surface area contributed by atoms with Gasteiger partial charge in [0.05, 0.1) is 18.1 Å². The van der Waals surface area contributed by atoms with Crippen LogP contribution in [0.5, 0.6) is 0 Å². The van der Waals surface area contributed by atoms with Gasteiger partial charge in [0, 0.05) is 11.4 Å². The molecule has 1 aromatic heterocycles. The number of hydrogen-bond acceptors (Lipinski definition) is 5. The monoisotopic (exact) mass is 350 g/mol. The van der Waals surface area contributed by atoms with Crippen LogP contribution < -0.4 is 5.32 Å². The third-order valence-corrected chi connectivity index (χ3v) is 6.09. The molecule has 1 saturated heterocycles. The molecule has 132 valence electrons. The largest absolute Gasteiger partial charge is 0.462 e. The summed E-state index contributed by atoms with van der Waals surface area (Å²) in [5.41, 5.74) is 1.70. The van der Waals surface area contributed by atoms with Crippen LogP contribution in [-0.2, 0) is 22.4 Å². The van der Waals surface area contributed by atoms with Gasteiger partial charge in [0.2, 0.25) is 5.91 Å². The van der Waals surface area contributed by atoms with Crippen LogP contribution in [0.2, 0.25) is 0 Å². The molecule has 6 heteroatoms. The van der Waals surface area contributed by atoms with Crippen molar-refractivity contribution in [3.05, 3.63) is 16.0 Å². The molecule has 1 atom stereocenters. The zero-order valence-electron chi connectivity index (χ0n) is 14.5. The van der Waals surface area contributed by atoms with Crippen LogP contribution >= 0.6 is 11.3 Å². The maximum Gasteiger partial charge on any atom is 0.341 e. The number of amides is 1. The Morgan fingerprint density at radius 3 is 2.83 bits per heavy atom. The van der Waals surface area contributed by atoms with Crippen molar-refractivity contribution in [2.24, 2.45) is 5.92 Å². The molecule has 0 aromatic carbocycles. The highest BCUT2D eigenvalue weighted by Gasteiger charge is 2.30. The number of likely N-dealkylation sites (tertiary alicyclic amines) is 1. The zero-order chi connectivity index (χ0) is 17.1. The molecule has 0 radical (unpaired) electrons. The van der Waals surface area contributed by atoms with Crippen LogP contribution in [-0.4, -0.2) is 43.5 Å². The van der Waals surface area contributed by atoms with Gasteiger partial charge in [-0.25, -0.2) is 4.79 Å². The maximum absolute atomic E-state index is 12.7. The van der Waals surface area contributed by atoms with Gasteiger partial charge in [-0.1, -0.05) is 0 Å². The molecule has 0 spiro atoms. The number of hydrogen-bond donors (Lipinski definition) is 1. The van der Waals surface area contributed by atoms with Gasteiger partial charge in [0.25, 0.3) is 0 Å². The number of carbonyl (C=O) groups excluding carboxylic acids is 2. The number of carbonyl (C=O) groups is 2. The van der Waals surface area contributed by atoms with E-state index in [0.717, 1.165) is 57.2 Å². The molecule has 1 aliphatic heterocycles. The summed E-state index contributed by atoms with van der Waals surface area (Å²) in [5, 5.41) is 3.74. The first kappa shape index (κ1) is 17.4. The highest BCUT2D eigenvalue weighted by Crippen LogP contribution is 2.39. The molecule has 24 heavy (non-hydrogen) atoms. The van der Waals surface area contributed by atoms with E-state index in [2.05, 4.69) is 10.2 Å². The molecule has 1 unspecified atom stereocenters. The van der Waals surface area contributed by atoms with Crippen molar-refractivity contribution >= 4 is 28.2 Å². The number of rotatable bonds is 4. The lowest BCUT2D eigenvalue weighted by Crippen LogP contribution is -2.38.